The lowest BCUT2D eigenvalue weighted by Gasteiger charge is -2.24. The van der Waals surface area contributed by atoms with Crippen LogP contribution in [-0.2, 0) is 0 Å². The van der Waals surface area contributed by atoms with Gasteiger partial charge in [-0.3, -0.25) is 4.79 Å². The van der Waals surface area contributed by atoms with Crippen LogP contribution in [0.15, 0.2) is 36.7 Å². The quantitative estimate of drug-likeness (QED) is 0.527. The second-order valence-electron chi connectivity index (χ2n) is 10.9. The molecule has 1 aromatic carbocycles. The van der Waals surface area contributed by atoms with Gasteiger partial charge in [-0.2, -0.15) is 0 Å². The molecule has 3 fully saturated rings. The van der Waals surface area contributed by atoms with E-state index in [9.17, 15) is 14.7 Å². The van der Waals surface area contributed by atoms with E-state index in [0.29, 0.717) is 17.4 Å². The minimum Gasteiger partial charge on any atom is -0.465 e. The number of aliphatic hydroxyl groups is 1. The van der Waals surface area contributed by atoms with Crippen LogP contribution in [0, 0.1) is 25.7 Å². The van der Waals surface area contributed by atoms with Gasteiger partial charge in [0.15, 0.2) is 0 Å². The smallest absolute Gasteiger partial charge is 0.405 e. The second-order valence-corrected chi connectivity index (χ2v) is 10.9. The van der Waals surface area contributed by atoms with Gasteiger partial charge in [0.1, 0.15) is 6.33 Å². The Bertz CT molecular complexity index is 1040. The van der Waals surface area contributed by atoms with Crippen LogP contribution in [0.25, 0.3) is 0 Å². The molecule has 3 aliphatic rings. The summed E-state index contributed by atoms with van der Waals surface area (Å²) in [6.07, 6.45) is 7.14. The topological polar surface area (TPSA) is 119 Å². The summed E-state index contributed by atoms with van der Waals surface area (Å²) < 4.78 is 0. The third-order valence-corrected chi connectivity index (χ3v) is 8.10. The number of fused-ring (bicyclic) bond motifs is 1. The van der Waals surface area contributed by atoms with Crippen molar-refractivity contribution in [3.8, 4) is 0 Å². The largest absolute Gasteiger partial charge is 0.465 e. The molecule has 1 saturated carbocycles. The van der Waals surface area contributed by atoms with Crippen molar-refractivity contribution in [1.29, 1.82) is 0 Å². The van der Waals surface area contributed by atoms with Gasteiger partial charge in [-0.15, -0.1) is 0 Å². The van der Waals surface area contributed by atoms with Gasteiger partial charge in [-0.1, -0.05) is 49.6 Å². The summed E-state index contributed by atoms with van der Waals surface area (Å²) in [6, 6.07) is 9.49. The Balaban J connectivity index is 0.000000417. The third kappa shape index (κ3) is 7.29. The number of amides is 2. The first-order valence-electron chi connectivity index (χ1n) is 13.8. The lowest BCUT2D eigenvalue weighted by atomic mass is 9.98. The van der Waals surface area contributed by atoms with Gasteiger partial charge in [-0.25, -0.2) is 14.8 Å². The van der Waals surface area contributed by atoms with Gasteiger partial charge in [0.05, 0.1) is 29.1 Å². The fourth-order valence-electron chi connectivity index (χ4n) is 6.05. The van der Waals surface area contributed by atoms with E-state index in [0.717, 1.165) is 68.9 Å². The molecule has 38 heavy (non-hydrogen) atoms. The maximum absolute atomic E-state index is 13.0. The van der Waals surface area contributed by atoms with Gasteiger partial charge >= 0.3 is 6.09 Å². The SMILES string of the molecule is Cc1ncnc(C)c1C(=O)N1CC2CN(CCC(NC(=O)O)c3ccccc3)C[C@H]2C1.OC1CCCCC1. The second kappa shape index (κ2) is 13.2. The van der Waals surface area contributed by atoms with Crippen molar-refractivity contribution in [2.45, 2.75) is 64.5 Å². The molecule has 1 aliphatic carbocycles. The number of nitrogens with one attached hydrogen (secondary N) is 1. The van der Waals surface area contributed by atoms with Crippen molar-refractivity contribution in [2.24, 2.45) is 11.8 Å². The normalized spacial score (nSPS) is 22.3. The number of carbonyl (C=O) groups is 2. The van der Waals surface area contributed by atoms with Crippen molar-refractivity contribution >= 4 is 12.0 Å². The van der Waals surface area contributed by atoms with E-state index in [1.54, 1.807) is 0 Å². The Morgan fingerprint density at radius 1 is 0.974 bits per heavy atom. The maximum atomic E-state index is 13.0. The molecule has 5 rings (SSSR count). The number of rotatable bonds is 6. The van der Waals surface area contributed by atoms with E-state index in [1.807, 2.05) is 49.1 Å². The molecular formula is C29H41N5O4. The van der Waals surface area contributed by atoms with Crippen molar-refractivity contribution in [3.05, 3.63) is 59.2 Å². The van der Waals surface area contributed by atoms with Crippen LogP contribution in [0.4, 0.5) is 4.79 Å². The van der Waals surface area contributed by atoms with E-state index in [-0.39, 0.29) is 18.1 Å². The molecule has 0 radical (unpaired) electrons. The minimum atomic E-state index is -1.00. The minimum absolute atomic E-state index is 0.0337. The predicted octanol–water partition coefficient (Wildman–Crippen LogP) is 3.81. The molecule has 1 aromatic heterocycles. The summed E-state index contributed by atoms with van der Waals surface area (Å²) in [5.41, 5.74) is 3.07. The molecule has 0 bridgehead atoms. The molecule has 2 saturated heterocycles. The van der Waals surface area contributed by atoms with E-state index >= 15 is 0 Å². The zero-order valence-electron chi connectivity index (χ0n) is 22.6. The Labute approximate surface area is 225 Å². The van der Waals surface area contributed by atoms with Crippen molar-refractivity contribution in [3.63, 3.8) is 0 Å². The van der Waals surface area contributed by atoms with E-state index in [1.165, 1.54) is 25.6 Å². The number of aliphatic hydroxyl groups excluding tert-OH is 1. The van der Waals surface area contributed by atoms with E-state index in [2.05, 4.69) is 20.2 Å². The van der Waals surface area contributed by atoms with Crippen LogP contribution in [0.5, 0.6) is 0 Å². The summed E-state index contributed by atoms with van der Waals surface area (Å²) in [7, 11) is 0. The summed E-state index contributed by atoms with van der Waals surface area (Å²) in [5, 5.41) is 20.8. The van der Waals surface area contributed by atoms with Crippen molar-refractivity contribution < 1.29 is 19.8 Å². The Morgan fingerprint density at radius 2 is 1.58 bits per heavy atom. The monoisotopic (exact) mass is 523 g/mol. The molecule has 206 valence electrons. The first kappa shape index (κ1) is 28.0. The zero-order valence-corrected chi connectivity index (χ0v) is 22.6. The molecule has 2 unspecified atom stereocenters. The average Bonchev–Trinajstić information content (AvgIpc) is 3.47. The highest BCUT2D eigenvalue weighted by atomic mass is 16.4. The first-order chi connectivity index (χ1) is 18.3. The molecule has 0 spiro atoms. The number of aromatic nitrogens is 2. The highest BCUT2D eigenvalue weighted by Gasteiger charge is 2.42. The number of carboxylic acid groups (broad SMARTS) is 1. The summed E-state index contributed by atoms with van der Waals surface area (Å²) >= 11 is 0. The van der Waals surface area contributed by atoms with Crippen LogP contribution in [0.2, 0.25) is 0 Å². The predicted molar refractivity (Wildman–Crippen MR) is 145 cm³/mol. The number of nitrogens with zero attached hydrogens (tertiary/aromatic N) is 4. The summed E-state index contributed by atoms with van der Waals surface area (Å²) in [5.74, 6) is 0.944. The first-order valence-corrected chi connectivity index (χ1v) is 13.8. The highest BCUT2D eigenvalue weighted by molar-refractivity contribution is 5.96. The fraction of sp³-hybridized carbons (Fsp3) is 0.586. The number of benzene rings is 1. The Kier molecular flexibility index (Phi) is 9.69. The van der Waals surface area contributed by atoms with Crippen LogP contribution < -0.4 is 5.32 Å². The maximum Gasteiger partial charge on any atom is 0.405 e. The summed E-state index contributed by atoms with van der Waals surface area (Å²) in [4.78, 5) is 37.0. The summed E-state index contributed by atoms with van der Waals surface area (Å²) in [6.45, 7) is 7.92. The lowest BCUT2D eigenvalue weighted by molar-refractivity contribution is 0.0771. The van der Waals surface area contributed by atoms with Crippen molar-refractivity contribution in [1.82, 2.24) is 25.1 Å². The molecular weight excluding hydrogens is 482 g/mol. The van der Waals surface area contributed by atoms with Gasteiger partial charge < -0.3 is 25.3 Å². The number of likely N-dealkylation sites (tertiary alicyclic amines) is 2. The highest BCUT2D eigenvalue weighted by Crippen LogP contribution is 2.33. The molecule has 3 heterocycles. The van der Waals surface area contributed by atoms with Gasteiger partial charge in [0.25, 0.3) is 5.91 Å². The molecule has 3 atom stereocenters. The van der Waals surface area contributed by atoms with Crippen LogP contribution in [0.1, 0.15) is 71.9 Å². The molecule has 2 aromatic rings. The van der Waals surface area contributed by atoms with Crippen LogP contribution in [-0.4, -0.2) is 80.8 Å². The standard InChI is InChI=1S/C23H29N5O3.C6H12O/c1-15-21(16(2)25-14-24-15)22(29)28-12-18-10-27(11-19(18)13-28)9-8-20(26-23(30)31)17-6-4-3-5-7-17;7-6-4-2-1-3-5-6/h3-7,14,18-20,26H,8-13H2,1-2H3,(H,30,31);6-7H,1-5H2/t18-,19?,20?;/m0./s1. The number of carbonyl (C=O) groups excluding carboxylic acids is 1. The van der Waals surface area contributed by atoms with Gasteiger partial charge in [-0.05, 0) is 50.5 Å². The molecule has 3 N–H and O–H groups in total. The van der Waals surface area contributed by atoms with Crippen molar-refractivity contribution in [2.75, 3.05) is 32.7 Å². The molecule has 2 aliphatic heterocycles. The van der Waals surface area contributed by atoms with E-state index < -0.39 is 6.09 Å². The third-order valence-electron chi connectivity index (χ3n) is 8.10. The number of hydrogen-bond donors (Lipinski definition) is 3. The molecule has 9 heteroatoms. The Morgan fingerprint density at radius 3 is 2.11 bits per heavy atom. The number of aryl methyl sites for hydroxylation is 2. The zero-order chi connectivity index (χ0) is 27.1. The molecule has 9 nitrogen and oxygen atoms in total. The average molecular weight is 524 g/mol. The van der Waals surface area contributed by atoms with Gasteiger partial charge in [0.2, 0.25) is 0 Å². The lowest BCUT2D eigenvalue weighted by Crippen LogP contribution is -2.35. The van der Waals surface area contributed by atoms with Crippen LogP contribution >= 0.6 is 0 Å². The number of hydrogen-bond acceptors (Lipinski definition) is 6. The fourth-order valence-corrected chi connectivity index (χ4v) is 6.05. The van der Waals surface area contributed by atoms with E-state index in [4.69, 9.17) is 5.11 Å². The van der Waals surface area contributed by atoms with Gasteiger partial charge in [0, 0.05) is 32.7 Å². The Hall–Kier alpha value is -3.04. The van der Waals surface area contributed by atoms with Crippen LogP contribution in [0.3, 0.4) is 0 Å². The molecule has 2 amide bonds.